The Morgan fingerprint density at radius 3 is 2.79 bits per heavy atom. The zero-order chi connectivity index (χ0) is 10.2. The van der Waals surface area contributed by atoms with Crippen LogP contribution in [0.3, 0.4) is 0 Å². The van der Waals surface area contributed by atoms with E-state index in [1.165, 1.54) is 4.90 Å². The van der Waals surface area contributed by atoms with E-state index in [0.717, 1.165) is 18.4 Å². The number of aliphatic hydroxyl groups is 1. The molecule has 0 heterocycles. The fraction of sp³-hybridized carbons (Fsp3) is 0.500. The first kappa shape index (κ1) is 10.1. The summed E-state index contributed by atoms with van der Waals surface area (Å²) >= 11 is 1.71. The molecule has 76 valence electrons. The van der Waals surface area contributed by atoms with Gasteiger partial charge in [-0.25, -0.2) is 0 Å². The molecule has 1 aliphatic carbocycles. The van der Waals surface area contributed by atoms with Gasteiger partial charge >= 0.3 is 0 Å². The van der Waals surface area contributed by atoms with Gasteiger partial charge in [0.2, 0.25) is 0 Å². The van der Waals surface area contributed by atoms with Crippen LogP contribution in [0.15, 0.2) is 29.2 Å². The van der Waals surface area contributed by atoms with E-state index in [1.54, 1.807) is 11.8 Å². The van der Waals surface area contributed by atoms with Gasteiger partial charge in [-0.05, 0) is 30.2 Å². The molecule has 2 heteroatoms. The SMILES string of the molecule is CCC1CC1(O)c1ccccc1SC. The topological polar surface area (TPSA) is 20.2 Å². The van der Waals surface area contributed by atoms with Crippen molar-refractivity contribution in [2.75, 3.05) is 6.26 Å². The lowest BCUT2D eigenvalue weighted by atomic mass is 10.0. The molecule has 1 aromatic carbocycles. The second-order valence-corrected chi connectivity index (χ2v) is 4.78. The minimum Gasteiger partial charge on any atom is -0.385 e. The maximum absolute atomic E-state index is 10.4. The molecule has 1 aliphatic rings. The number of thioether (sulfide) groups is 1. The lowest BCUT2D eigenvalue weighted by Gasteiger charge is -2.14. The first-order valence-corrected chi connectivity index (χ1v) is 6.30. The van der Waals surface area contributed by atoms with Gasteiger partial charge in [0, 0.05) is 4.90 Å². The second-order valence-electron chi connectivity index (χ2n) is 3.93. The van der Waals surface area contributed by atoms with Crippen LogP contribution in [0.5, 0.6) is 0 Å². The lowest BCUT2D eigenvalue weighted by molar-refractivity contribution is 0.127. The highest BCUT2D eigenvalue weighted by atomic mass is 32.2. The Morgan fingerprint density at radius 2 is 2.21 bits per heavy atom. The number of hydrogen-bond acceptors (Lipinski definition) is 2. The molecule has 0 radical (unpaired) electrons. The van der Waals surface area contributed by atoms with Crippen molar-refractivity contribution in [2.24, 2.45) is 5.92 Å². The Balaban J connectivity index is 2.33. The van der Waals surface area contributed by atoms with Crippen LogP contribution >= 0.6 is 11.8 Å². The van der Waals surface area contributed by atoms with Gasteiger partial charge in [0.05, 0.1) is 5.60 Å². The maximum Gasteiger partial charge on any atom is 0.0940 e. The first-order chi connectivity index (χ1) is 6.72. The molecule has 0 spiro atoms. The molecule has 1 aromatic rings. The van der Waals surface area contributed by atoms with Gasteiger partial charge in [-0.15, -0.1) is 11.8 Å². The minimum atomic E-state index is -0.519. The van der Waals surface area contributed by atoms with Crippen molar-refractivity contribution in [1.29, 1.82) is 0 Å². The van der Waals surface area contributed by atoms with Gasteiger partial charge in [-0.1, -0.05) is 31.5 Å². The number of hydrogen-bond donors (Lipinski definition) is 1. The largest absolute Gasteiger partial charge is 0.385 e. The van der Waals surface area contributed by atoms with Gasteiger partial charge in [0.15, 0.2) is 0 Å². The molecule has 2 rings (SSSR count). The molecule has 1 N–H and O–H groups in total. The Morgan fingerprint density at radius 1 is 1.50 bits per heavy atom. The molecule has 1 fully saturated rings. The first-order valence-electron chi connectivity index (χ1n) is 5.08. The van der Waals surface area contributed by atoms with E-state index in [9.17, 15) is 5.11 Å². The number of rotatable bonds is 3. The van der Waals surface area contributed by atoms with E-state index >= 15 is 0 Å². The fourth-order valence-corrected chi connectivity index (χ4v) is 2.81. The van der Waals surface area contributed by atoms with Crippen molar-refractivity contribution >= 4 is 11.8 Å². The summed E-state index contributed by atoms with van der Waals surface area (Å²) < 4.78 is 0. The summed E-state index contributed by atoms with van der Waals surface area (Å²) in [6.07, 6.45) is 4.06. The van der Waals surface area contributed by atoms with Crippen LogP contribution < -0.4 is 0 Å². The zero-order valence-electron chi connectivity index (χ0n) is 8.66. The molecule has 1 nitrogen and oxygen atoms in total. The summed E-state index contributed by atoms with van der Waals surface area (Å²) in [5.74, 6) is 0.468. The predicted molar refractivity (Wildman–Crippen MR) is 60.5 cm³/mol. The van der Waals surface area contributed by atoms with Crippen molar-refractivity contribution in [2.45, 2.75) is 30.3 Å². The van der Waals surface area contributed by atoms with Crippen LogP contribution in [-0.4, -0.2) is 11.4 Å². The summed E-state index contributed by atoms with van der Waals surface area (Å²) in [4.78, 5) is 1.21. The Labute approximate surface area is 89.5 Å². The van der Waals surface area contributed by atoms with Crippen molar-refractivity contribution in [3.63, 3.8) is 0 Å². The lowest BCUT2D eigenvalue weighted by Crippen LogP contribution is -2.09. The number of benzene rings is 1. The van der Waals surface area contributed by atoms with Crippen LogP contribution in [0.4, 0.5) is 0 Å². The maximum atomic E-state index is 10.4. The molecule has 2 unspecified atom stereocenters. The predicted octanol–water partition coefficient (Wildman–Crippen LogP) is 3.03. The molecular weight excluding hydrogens is 192 g/mol. The van der Waals surface area contributed by atoms with Crippen LogP contribution in [-0.2, 0) is 5.60 Å². The van der Waals surface area contributed by atoms with E-state index in [2.05, 4.69) is 25.3 Å². The van der Waals surface area contributed by atoms with Gasteiger partial charge in [0.1, 0.15) is 0 Å². The third-order valence-corrected chi connectivity index (χ3v) is 3.93. The average molecular weight is 208 g/mol. The van der Waals surface area contributed by atoms with Crippen LogP contribution in [0.25, 0.3) is 0 Å². The zero-order valence-corrected chi connectivity index (χ0v) is 9.47. The van der Waals surface area contributed by atoms with E-state index in [0.29, 0.717) is 5.92 Å². The molecule has 0 saturated heterocycles. The monoisotopic (exact) mass is 208 g/mol. The second kappa shape index (κ2) is 3.59. The normalized spacial score (nSPS) is 30.4. The molecular formula is C12H16OS. The smallest absolute Gasteiger partial charge is 0.0940 e. The molecule has 0 aliphatic heterocycles. The van der Waals surface area contributed by atoms with Gasteiger partial charge in [-0.3, -0.25) is 0 Å². The molecule has 14 heavy (non-hydrogen) atoms. The van der Waals surface area contributed by atoms with Gasteiger partial charge in [-0.2, -0.15) is 0 Å². The highest BCUT2D eigenvalue weighted by molar-refractivity contribution is 7.98. The summed E-state index contributed by atoms with van der Waals surface area (Å²) in [7, 11) is 0. The Hall–Kier alpha value is -0.470. The molecule has 2 atom stereocenters. The quantitative estimate of drug-likeness (QED) is 0.770. The van der Waals surface area contributed by atoms with Gasteiger partial charge < -0.3 is 5.11 Å². The Kier molecular flexibility index (Phi) is 2.58. The molecule has 0 bridgehead atoms. The average Bonchev–Trinajstić information content (AvgIpc) is 2.91. The third kappa shape index (κ3) is 1.47. The van der Waals surface area contributed by atoms with Crippen molar-refractivity contribution < 1.29 is 5.11 Å². The van der Waals surface area contributed by atoms with Crippen molar-refractivity contribution in [3.05, 3.63) is 29.8 Å². The minimum absolute atomic E-state index is 0.468. The van der Waals surface area contributed by atoms with Crippen molar-refractivity contribution in [3.8, 4) is 0 Å². The summed E-state index contributed by atoms with van der Waals surface area (Å²) in [5, 5.41) is 10.4. The molecule has 0 amide bonds. The third-order valence-electron chi connectivity index (χ3n) is 3.14. The molecule has 1 saturated carbocycles. The highest BCUT2D eigenvalue weighted by Gasteiger charge is 2.53. The summed E-state index contributed by atoms with van der Waals surface area (Å²) in [6.45, 7) is 2.14. The van der Waals surface area contributed by atoms with E-state index < -0.39 is 5.60 Å². The summed E-state index contributed by atoms with van der Waals surface area (Å²) in [5.41, 5.74) is 0.605. The van der Waals surface area contributed by atoms with E-state index in [1.807, 2.05) is 12.1 Å². The van der Waals surface area contributed by atoms with Crippen LogP contribution in [0.2, 0.25) is 0 Å². The van der Waals surface area contributed by atoms with Crippen molar-refractivity contribution in [1.82, 2.24) is 0 Å². The van der Waals surface area contributed by atoms with Crippen LogP contribution in [0.1, 0.15) is 25.3 Å². The standard InChI is InChI=1S/C12H16OS/c1-3-9-8-12(9,13)10-6-4-5-7-11(10)14-2/h4-7,9,13H,3,8H2,1-2H3. The fourth-order valence-electron chi connectivity index (χ4n) is 2.13. The van der Waals surface area contributed by atoms with Crippen LogP contribution in [0, 0.1) is 5.92 Å². The summed E-state index contributed by atoms with van der Waals surface area (Å²) in [6, 6.07) is 8.19. The van der Waals surface area contributed by atoms with Gasteiger partial charge in [0.25, 0.3) is 0 Å². The van der Waals surface area contributed by atoms with E-state index in [-0.39, 0.29) is 0 Å². The van der Waals surface area contributed by atoms with E-state index in [4.69, 9.17) is 0 Å². The molecule has 0 aromatic heterocycles. The highest BCUT2D eigenvalue weighted by Crippen LogP contribution is 2.55. The Bertz CT molecular complexity index is 337.